The summed E-state index contributed by atoms with van der Waals surface area (Å²) in [5.41, 5.74) is 2.13. The summed E-state index contributed by atoms with van der Waals surface area (Å²) in [6.07, 6.45) is 8.52. The third kappa shape index (κ3) is 3.17. The van der Waals surface area contributed by atoms with Crippen LogP contribution < -0.4 is 4.74 Å². The van der Waals surface area contributed by atoms with Crippen molar-refractivity contribution in [1.29, 1.82) is 0 Å². The minimum atomic E-state index is -0.244. The van der Waals surface area contributed by atoms with Gasteiger partial charge >= 0.3 is 0 Å². The van der Waals surface area contributed by atoms with E-state index in [9.17, 15) is 0 Å². The van der Waals surface area contributed by atoms with Gasteiger partial charge in [-0.15, -0.1) is 6.58 Å². The Balaban J connectivity index is 1.94. The number of rotatable bonds is 4. The number of fused-ring (bicyclic) bond motifs is 3. The lowest BCUT2D eigenvalue weighted by atomic mass is 9.71. The second kappa shape index (κ2) is 6.40. The Morgan fingerprint density at radius 1 is 1.29 bits per heavy atom. The van der Waals surface area contributed by atoms with Gasteiger partial charge in [0.2, 0.25) is 0 Å². The summed E-state index contributed by atoms with van der Waals surface area (Å²) < 4.78 is 13.1. The van der Waals surface area contributed by atoms with E-state index in [0.29, 0.717) is 5.92 Å². The fourth-order valence-corrected chi connectivity index (χ4v) is 4.10. The molecular formula is C22H30O2. The van der Waals surface area contributed by atoms with Crippen LogP contribution in [0.2, 0.25) is 0 Å². The van der Waals surface area contributed by atoms with E-state index >= 15 is 0 Å². The summed E-state index contributed by atoms with van der Waals surface area (Å²) in [7, 11) is 0. The van der Waals surface area contributed by atoms with Crippen molar-refractivity contribution in [3.05, 3.63) is 54.1 Å². The van der Waals surface area contributed by atoms with Crippen LogP contribution in [0.25, 0.3) is 0 Å². The first-order valence-electron chi connectivity index (χ1n) is 9.10. The van der Waals surface area contributed by atoms with E-state index in [1.165, 1.54) is 11.1 Å². The van der Waals surface area contributed by atoms with Gasteiger partial charge in [-0.3, -0.25) is 0 Å². The van der Waals surface area contributed by atoms with Crippen molar-refractivity contribution in [2.24, 2.45) is 5.92 Å². The standard InChI is InChI=1S/C22H30O2/c1-6-21(4)15-13-18-20(24-21)17-11-7-8-12-19(17)23-22(18,5)14-9-10-16(2)3/h6-8,10-12,18,20H,1,9,13-15H2,2-5H3. The third-order valence-electron chi connectivity index (χ3n) is 5.69. The number of benzene rings is 1. The predicted octanol–water partition coefficient (Wildman–Crippen LogP) is 6.00. The van der Waals surface area contributed by atoms with Crippen LogP contribution in [0.1, 0.15) is 65.0 Å². The summed E-state index contributed by atoms with van der Waals surface area (Å²) in [6, 6.07) is 8.35. The average molecular weight is 326 g/mol. The molecule has 1 aromatic carbocycles. The summed E-state index contributed by atoms with van der Waals surface area (Å²) >= 11 is 0. The zero-order valence-electron chi connectivity index (χ0n) is 15.5. The first kappa shape index (κ1) is 17.3. The van der Waals surface area contributed by atoms with Gasteiger partial charge in [-0.1, -0.05) is 35.9 Å². The van der Waals surface area contributed by atoms with Crippen molar-refractivity contribution in [1.82, 2.24) is 0 Å². The van der Waals surface area contributed by atoms with E-state index in [0.717, 1.165) is 31.4 Å². The van der Waals surface area contributed by atoms with Crippen LogP contribution in [0.4, 0.5) is 0 Å². The first-order valence-corrected chi connectivity index (χ1v) is 9.10. The normalized spacial score (nSPS) is 34.5. The van der Waals surface area contributed by atoms with Crippen LogP contribution in [0.3, 0.4) is 0 Å². The molecule has 0 spiro atoms. The molecule has 1 aromatic rings. The molecule has 1 saturated heterocycles. The average Bonchev–Trinajstić information content (AvgIpc) is 2.54. The third-order valence-corrected chi connectivity index (χ3v) is 5.69. The highest BCUT2D eigenvalue weighted by Gasteiger charge is 2.51. The van der Waals surface area contributed by atoms with Gasteiger partial charge in [-0.2, -0.15) is 0 Å². The van der Waals surface area contributed by atoms with Crippen LogP contribution in [-0.4, -0.2) is 11.2 Å². The molecule has 2 aliphatic rings. The first-order chi connectivity index (χ1) is 11.4. The van der Waals surface area contributed by atoms with Gasteiger partial charge < -0.3 is 9.47 Å². The highest BCUT2D eigenvalue weighted by molar-refractivity contribution is 5.39. The topological polar surface area (TPSA) is 18.5 Å². The lowest BCUT2D eigenvalue weighted by Crippen LogP contribution is -2.52. The van der Waals surface area contributed by atoms with E-state index in [4.69, 9.17) is 9.47 Å². The summed E-state index contributed by atoms with van der Waals surface area (Å²) in [4.78, 5) is 0. The molecule has 4 unspecified atom stereocenters. The molecule has 0 aliphatic carbocycles. The molecule has 0 amide bonds. The zero-order chi connectivity index (χ0) is 17.4. The highest BCUT2D eigenvalue weighted by Crippen LogP contribution is 2.54. The molecular weight excluding hydrogens is 296 g/mol. The number of para-hydroxylation sites is 1. The summed E-state index contributed by atoms with van der Waals surface area (Å²) in [6.45, 7) is 12.7. The summed E-state index contributed by atoms with van der Waals surface area (Å²) in [5.74, 6) is 1.36. The maximum absolute atomic E-state index is 6.56. The van der Waals surface area contributed by atoms with Gasteiger partial charge in [0.25, 0.3) is 0 Å². The van der Waals surface area contributed by atoms with Crippen molar-refractivity contribution in [3.8, 4) is 5.75 Å². The van der Waals surface area contributed by atoms with Crippen LogP contribution in [0, 0.1) is 5.92 Å². The lowest BCUT2D eigenvalue weighted by Gasteiger charge is -2.52. The van der Waals surface area contributed by atoms with E-state index in [1.807, 2.05) is 12.1 Å². The van der Waals surface area contributed by atoms with Gasteiger partial charge in [0.15, 0.2) is 0 Å². The Labute approximate surface area is 146 Å². The monoisotopic (exact) mass is 326 g/mol. The summed E-state index contributed by atoms with van der Waals surface area (Å²) in [5, 5.41) is 0. The minimum absolute atomic E-state index is 0.0865. The van der Waals surface area contributed by atoms with Gasteiger partial charge in [0.05, 0.1) is 11.7 Å². The maximum Gasteiger partial charge on any atom is 0.125 e. The van der Waals surface area contributed by atoms with Gasteiger partial charge in [-0.25, -0.2) is 0 Å². The Bertz CT molecular complexity index is 643. The number of allylic oxidation sites excluding steroid dienone is 2. The quantitative estimate of drug-likeness (QED) is 0.632. The van der Waals surface area contributed by atoms with Gasteiger partial charge in [0.1, 0.15) is 11.4 Å². The van der Waals surface area contributed by atoms with Crippen molar-refractivity contribution >= 4 is 0 Å². The lowest BCUT2D eigenvalue weighted by molar-refractivity contribution is -0.178. The Kier molecular flexibility index (Phi) is 4.61. The van der Waals surface area contributed by atoms with Crippen molar-refractivity contribution < 1.29 is 9.47 Å². The molecule has 2 nitrogen and oxygen atoms in total. The molecule has 0 N–H and O–H groups in total. The largest absolute Gasteiger partial charge is 0.487 e. The van der Waals surface area contributed by atoms with E-state index in [1.54, 1.807) is 0 Å². The molecule has 2 heterocycles. The molecule has 24 heavy (non-hydrogen) atoms. The van der Waals surface area contributed by atoms with Crippen LogP contribution >= 0.6 is 0 Å². The van der Waals surface area contributed by atoms with Crippen molar-refractivity contribution in [3.63, 3.8) is 0 Å². The Hall–Kier alpha value is -1.54. The number of hydrogen-bond donors (Lipinski definition) is 0. The van der Waals surface area contributed by atoms with Crippen molar-refractivity contribution in [2.45, 2.75) is 70.7 Å². The second-order valence-electron chi connectivity index (χ2n) is 7.97. The minimum Gasteiger partial charge on any atom is -0.487 e. The molecule has 2 heteroatoms. The van der Waals surface area contributed by atoms with Crippen LogP contribution in [-0.2, 0) is 4.74 Å². The Morgan fingerprint density at radius 3 is 2.75 bits per heavy atom. The van der Waals surface area contributed by atoms with Gasteiger partial charge in [-0.05, 0) is 59.4 Å². The molecule has 4 atom stereocenters. The Morgan fingerprint density at radius 2 is 2.04 bits per heavy atom. The molecule has 130 valence electrons. The molecule has 0 saturated carbocycles. The van der Waals surface area contributed by atoms with E-state index in [2.05, 4.69) is 58.5 Å². The molecule has 0 aromatic heterocycles. The molecule has 0 radical (unpaired) electrons. The smallest absolute Gasteiger partial charge is 0.125 e. The molecule has 0 bridgehead atoms. The number of ether oxygens (including phenoxy) is 2. The molecule has 1 fully saturated rings. The second-order valence-corrected chi connectivity index (χ2v) is 7.97. The van der Waals surface area contributed by atoms with Crippen molar-refractivity contribution in [2.75, 3.05) is 0 Å². The van der Waals surface area contributed by atoms with E-state index in [-0.39, 0.29) is 17.3 Å². The highest BCUT2D eigenvalue weighted by atomic mass is 16.5. The molecule has 2 aliphatic heterocycles. The maximum atomic E-state index is 6.56. The van der Waals surface area contributed by atoms with Gasteiger partial charge in [0, 0.05) is 11.5 Å². The van der Waals surface area contributed by atoms with Crippen LogP contribution in [0.5, 0.6) is 5.75 Å². The zero-order valence-corrected chi connectivity index (χ0v) is 15.5. The predicted molar refractivity (Wildman–Crippen MR) is 99.3 cm³/mol. The van der Waals surface area contributed by atoms with E-state index < -0.39 is 0 Å². The number of hydrogen-bond acceptors (Lipinski definition) is 2. The van der Waals surface area contributed by atoms with Crippen LogP contribution in [0.15, 0.2) is 48.6 Å². The fraction of sp³-hybridized carbons (Fsp3) is 0.545. The molecule has 3 rings (SSSR count). The SMILES string of the molecule is C=CC1(C)CCC2C(O1)c1ccccc1OC2(C)CCC=C(C)C. The fourth-order valence-electron chi connectivity index (χ4n) is 4.10.